The molecule has 3 aliphatic rings. The van der Waals surface area contributed by atoms with Crippen LogP contribution in [0, 0.1) is 5.92 Å². The van der Waals surface area contributed by atoms with Crippen LogP contribution >= 0.6 is 0 Å². The van der Waals surface area contributed by atoms with Crippen LogP contribution in [-0.2, 0) is 14.8 Å². The van der Waals surface area contributed by atoms with Gasteiger partial charge in [0.1, 0.15) is 0 Å². The van der Waals surface area contributed by atoms with Gasteiger partial charge < -0.3 is 10.0 Å². The topological polar surface area (TPSA) is 77.9 Å². The summed E-state index contributed by atoms with van der Waals surface area (Å²) in [6.45, 7) is 0.499. The zero-order valence-electron chi connectivity index (χ0n) is 16.0. The second-order valence-corrected chi connectivity index (χ2v) is 10.1. The van der Waals surface area contributed by atoms with Crippen molar-refractivity contribution in [1.82, 2.24) is 9.21 Å². The smallest absolute Gasteiger partial charge is 0.244 e. The van der Waals surface area contributed by atoms with E-state index in [2.05, 4.69) is 0 Å². The molecular weight excluding hydrogens is 388 g/mol. The average molecular weight is 413 g/mol. The van der Waals surface area contributed by atoms with Gasteiger partial charge in [0.15, 0.2) is 0 Å². The SMILES string of the molecule is O=C(C1CC1)N1CC2(C1)[C@H](c1ccccc1)[C@H](CO)N2S(=O)(=O)c1ccccc1. The van der Waals surface area contributed by atoms with Gasteiger partial charge in [-0.3, -0.25) is 4.79 Å². The summed E-state index contributed by atoms with van der Waals surface area (Å²) in [5, 5.41) is 10.1. The first-order chi connectivity index (χ1) is 14.0. The molecule has 0 aromatic heterocycles. The van der Waals surface area contributed by atoms with E-state index >= 15 is 0 Å². The zero-order valence-corrected chi connectivity index (χ0v) is 16.8. The van der Waals surface area contributed by atoms with Crippen LogP contribution in [0.15, 0.2) is 65.6 Å². The third-order valence-electron chi connectivity index (χ3n) is 6.52. The van der Waals surface area contributed by atoms with Crippen LogP contribution in [0.2, 0.25) is 0 Å². The molecule has 152 valence electrons. The molecule has 29 heavy (non-hydrogen) atoms. The van der Waals surface area contributed by atoms with Gasteiger partial charge in [0.2, 0.25) is 15.9 Å². The maximum Gasteiger partial charge on any atom is 0.244 e. The molecule has 1 spiro atoms. The summed E-state index contributed by atoms with van der Waals surface area (Å²) in [6.07, 6.45) is 1.85. The Bertz CT molecular complexity index is 1020. The van der Waals surface area contributed by atoms with Crippen molar-refractivity contribution in [3.63, 3.8) is 0 Å². The summed E-state index contributed by atoms with van der Waals surface area (Å²) in [4.78, 5) is 14.5. The number of rotatable bonds is 5. The molecule has 0 radical (unpaired) electrons. The molecular formula is C22H24N2O4S. The number of likely N-dealkylation sites (tertiary alicyclic amines) is 1. The van der Waals surface area contributed by atoms with Gasteiger partial charge in [0, 0.05) is 24.9 Å². The Morgan fingerprint density at radius 1 is 1.00 bits per heavy atom. The quantitative estimate of drug-likeness (QED) is 0.813. The first-order valence-electron chi connectivity index (χ1n) is 10.0. The fourth-order valence-corrected chi connectivity index (χ4v) is 7.05. The molecule has 1 saturated carbocycles. The van der Waals surface area contributed by atoms with Gasteiger partial charge in [0.05, 0.1) is 23.1 Å². The lowest BCUT2D eigenvalue weighted by molar-refractivity contribution is -0.168. The third-order valence-corrected chi connectivity index (χ3v) is 8.54. The second-order valence-electron chi connectivity index (χ2n) is 8.32. The lowest BCUT2D eigenvalue weighted by Crippen LogP contribution is -2.85. The first-order valence-corrected chi connectivity index (χ1v) is 11.5. The average Bonchev–Trinajstić information content (AvgIpc) is 3.53. The molecule has 1 N–H and O–H groups in total. The Kier molecular flexibility index (Phi) is 4.31. The molecule has 2 heterocycles. The Morgan fingerprint density at radius 3 is 2.14 bits per heavy atom. The number of carbonyl (C=O) groups excluding carboxylic acids is 1. The maximum atomic E-state index is 13.5. The van der Waals surface area contributed by atoms with Crippen LogP contribution in [0.4, 0.5) is 0 Å². The summed E-state index contributed by atoms with van der Waals surface area (Å²) in [5.74, 6) is 0.0952. The Morgan fingerprint density at radius 2 is 1.59 bits per heavy atom. The van der Waals surface area contributed by atoms with Crippen LogP contribution in [0.3, 0.4) is 0 Å². The summed E-state index contributed by atoms with van der Waals surface area (Å²) in [6, 6.07) is 17.5. The predicted octanol–water partition coefficient (Wildman–Crippen LogP) is 1.83. The highest BCUT2D eigenvalue weighted by molar-refractivity contribution is 7.89. The van der Waals surface area contributed by atoms with E-state index in [0.717, 1.165) is 18.4 Å². The van der Waals surface area contributed by atoms with Gasteiger partial charge in [0.25, 0.3) is 0 Å². The third kappa shape index (κ3) is 2.75. The van der Waals surface area contributed by atoms with E-state index in [4.69, 9.17) is 0 Å². The Hall–Kier alpha value is -2.22. The molecule has 7 heteroatoms. The fourth-order valence-electron chi connectivity index (χ4n) is 5.07. The van der Waals surface area contributed by atoms with Crippen LogP contribution in [-0.4, -0.2) is 59.9 Å². The van der Waals surface area contributed by atoms with Gasteiger partial charge in [-0.15, -0.1) is 0 Å². The van der Waals surface area contributed by atoms with Crippen molar-refractivity contribution < 1.29 is 18.3 Å². The van der Waals surface area contributed by atoms with Gasteiger partial charge in [-0.25, -0.2) is 8.42 Å². The van der Waals surface area contributed by atoms with Crippen molar-refractivity contribution in [2.24, 2.45) is 5.92 Å². The minimum Gasteiger partial charge on any atom is -0.395 e. The fraction of sp³-hybridized carbons (Fsp3) is 0.409. The highest BCUT2D eigenvalue weighted by atomic mass is 32.2. The molecule has 0 unspecified atom stereocenters. The Labute approximate surface area is 170 Å². The van der Waals surface area contributed by atoms with Crippen molar-refractivity contribution in [2.75, 3.05) is 19.7 Å². The summed E-state index contributed by atoms with van der Waals surface area (Å²) < 4.78 is 28.5. The van der Waals surface area contributed by atoms with E-state index in [1.165, 1.54) is 4.31 Å². The zero-order chi connectivity index (χ0) is 20.2. The normalized spacial score (nSPS) is 26.0. The van der Waals surface area contributed by atoms with E-state index < -0.39 is 21.6 Å². The van der Waals surface area contributed by atoms with Crippen molar-refractivity contribution in [1.29, 1.82) is 0 Å². The maximum absolute atomic E-state index is 13.5. The molecule has 2 aromatic carbocycles. The van der Waals surface area contributed by atoms with E-state index in [1.54, 1.807) is 35.2 Å². The van der Waals surface area contributed by atoms with Gasteiger partial charge in [-0.1, -0.05) is 48.5 Å². The van der Waals surface area contributed by atoms with Crippen LogP contribution < -0.4 is 0 Å². The minimum atomic E-state index is -3.79. The van der Waals surface area contributed by atoms with Crippen LogP contribution in [0.1, 0.15) is 24.3 Å². The monoisotopic (exact) mass is 412 g/mol. The van der Waals surface area contributed by atoms with E-state index in [1.807, 2.05) is 30.3 Å². The predicted molar refractivity (Wildman–Crippen MR) is 108 cm³/mol. The number of nitrogens with zero attached hydrogens (tertiary/aromatic N) is 2. The molecule has 1 amide bonds. The van der Waals surface area contributed by atoms with Crippen molar-refractivity contribution in [3.05, 3.63) is 66.2 Å². The second kappa shape index (κ2) is 6.65. The van der Waals surface area contributed by atoms with Crippen molar-refractivity contribution in [2.45, 2.75) is 35.2 Å². The van der Waals surface area contributed by atoms with E-state index in [0.29, 0.717) is 13.1 Å². The highest BCUT2D eigenvalue weighted by Gasteiger charge is 2.70. The van der Waals surface area contributed by atoms with Crippen molar-refractivity contribution in [3.8, 4) is 0 Å². The number of amides is 1. The molecule has 1 aliphatic carbocycles. The molecule has 2 atom stereocenters. The van der Waals surface area contributed by atoms with Crippen molar-refractivity contribution >= 4 is 15.9 Å². The minimum absolute atomic E-state index is 0.107. The van der Waals surface area contributed by atoms with Crippen LogP contribution in [0.25, 0.3) is 0 Å². The number of sulfonamides is 1. The van der Waals surface area contributed by atoms with E-state index in [-0.39, 0.29) is 29.2 Å². The Balaban J connectivity index is 1.54. The van der Waals surface area contributed by atoms with Gasteiger partial charge >= 0.3 is 0 Å². The first kappa shape index (κ1) is 18.8. The lowest BCUT2D eigenvalue weighted by atomic mass is 9.63. The molecule has 2 saturated heterocycles. The standard InChI is InChI=1S/C22H24N2O4S/c25-13-19-20(16-7-3-1-4-8-16)22(14-23(15-22)21(26)17-11-12-17)24(19)29(27,28)18-9-5-2-6-10-18/h1-10,17,19-20,25H,11-15H2/t19-,20+/m0/s1. The molecule has 2 aliphatic heterocycles. The number of aliphatic hydroxyl groups excluding tert-OH is 1. The van der Waals surface area contributed by atoms with Gasteiger partial charge in [-0.05, 0) is 30.5 Å². The number of carbonyl (C=O) groups is 1. The number of benzene rings is 2. The number of hydrogen-bond donors (Lipinski definition) is 1. The van der Waals surface area contributed by atoms with E-state index in [9.17, 15) is 18.3 Å². The number of hydrogen-bond acceptors (Lipinski definition) is 4. The largest absolute Gasteiger partial charge is 0.395 e. The molecule has 0 bridgehead atoms. The molecule has 5 rings (SSSR count). The van der Waals surface area contributed by atoms with Crippen LogP contribution in [0.5, 0.6) is 0 Å². The molecule has 3 fully saturated rings. The summed E-state index contributed by atoms with van der Waals surface area (Å²) in [5.41, 5.74) is 0.304. The molecule has 2 aromatic rings. The summed E-state index contributed by atoms with van der Waals surface area (Å²) >= 11 is 0. The molecule has 6 nitrogen and oxygen atoms in total. The van der Waals surface area contributed by atoms with Gasteiger partial charge in [-0.2, -0.15) is 4.31 Å². The lowest BCUT2D eigenvalue weighted by Gasteiger charge is -2.69. The number of aliphatic hydroxyl groups is 1. The summed E-state index contributed by atoms with van der Waals surface area (Å²) in [7, 11) is -3.79. The highest BCUT2D eigenvalue weighted by Crippen LogP contribution is 2.56.